The molecule has 1 N–H and O–H groups in total. The van der Waals surface area contributed by atoms with Crippen molar-refractivity contribution in [1.29, 1.82) is 0 Å². The Morgan fingerprint density at radius 3 is 2.12 bits per heavy atom. The van der Waals surface area contributed by atoms with Gasteiger partial charge in [-0.15, -0.1) is 0 Å². The molecule has 3 aromatic carbocycles. The molecule has 2 aromatic heterocycles. The first-order chi connectivity index (χ1) is 20.1. The second-order valence-electron chi connectivity index (χ2n) is 10.9. The summed E-state index contributed by atoms with van der Waals surface area (Å²) in [5.41, 5.74) is 2.93. The quantitative estimate of drug-likeness (QED) is 0.257. The van der Waals surface area contributed by atoms with Crippen LogP contribution in [0.5, 0.6) is 5.75 Å². The molecule has 0 fully saturated rings. The number of anilines is 2. The molecule has 2 heterocycles. The first-order valence-corrected chi connectivity index (χ1v) is 13.6. The normalized spacial score (nSPS) is 11.4. The molecule has 0 bridgehead atoms. The molecule has 0 unspecified atom stereocenters. The number of rotatable bonds is 8. The van der Waals surface area contributed by atoms with E-state index in [2.05, 4.69) is 44.1 Å². The Kier molecular flexibility index (Phi) is 7.97. The highest BCUT2D eigenvalue weighted by Gasteiger charge is 2.24. The predicted molar refractivity (Wildman–Crippen MR) is 163 cm³/mol. The van der Waals surface area contributed by atoms with Crippen LogP contribution in [0, 0.1) is 0 Å². The Bertz CT molecular complexity index is 1700. The van der Waals surface area contributed by atoms with E-state index >= 15 is 0 Å². The number of hydrogen-bond acceptors (Lipinski definition) is 7. The van der Waals surface area contributed by atoms with Crippen molar-refractivity contribution in [3.63, 3.8) is 0 Å². The van der Waals surface area contributed by atoms with Gasteiger partial charge in [-0.1, -0.05) is 60.7 Å². The van der Waals surface area contributed by atoms with Gasteiger partial charge < -0.3 is 19.4 Å². The van der Waals surface area contributed by atoms with Crippen LogP contribution in [0.25, 0.3) is 16.9 Å². The number of nitrogens with zero attached hydrogens (tertiary/aromatic N) is 5. The van der Waals surface area contributed by atoms with Gasteiger partial charge in [0.2, 0.25) is 0 Å². The molecular formula is C32H34N6O4. The minimum atomic E-state index is -0.660. The average molecular weight is 567 g/mol. The SMILES string of the molecule is COc1ccc(N(C)C(=O)OC(C)(C)C)cc1-n1c(=O)[nH]c2c(N(Cc3ccccc3)Cc3ccccc3)ncnc21. The number of aromatic nitrogens is 4. The smallest absolute Gasteiger partial charge is 0.414 e. The molecule has 42 heavy (non-hydrogen) atoms. The van der Waals surface area contributed by atoms with Gasteiger partial charge >= 0.3 is 11.8 Å². The fraction of sp³-hybridized carbons (Fsp3) is 0.250. The average Bonchev–Trinajstić information content (AvgIpc) is 3.32. The van der Waals surface area contributed by atoms with Crippen molar-refractivity contribution >= 4 is 28.8 Å². The van der Waals surface area contributed by atoms with Crippen molar-refractivity contribution in [1.82, 2.24) is 19.5 Å². The van der Waals surface area contributed by atoms with Crippen molar-refractivity contribution in [3.8, 4) is 11.4 Å². The van der Waals surface area contributed by atoms with Crippen molar-refractivity contribution in [3.05, 3.63) is 107 Å². The molecule has 10 heteroatoms. The van der Waals surface area contributed by atoms with Gasteiger partial charge in [-0.2, -0.15) is 0 Å². The first-order valence-electron chi connectivity index (χ1n) is 13.6. The van der Waals surface area contributed by atoms with Crippen LogP contribution in [0.4, 0.5) is 16.3 Å². The molecule has 0 saturated heterocycles. The zero-order valence-electron chi connectivity index (χ0n) is 24.4. The van der Waals surface area contributed by atoms with Gasteiger partial charge in [0.1, 0.15) is 23.2 Å². The molecule has 5 aromatic rings. The summed E-state index contributed by atoms with van der Waals surface area (Å²) in [6, 6.07) is 25.3. The number of ether oxygens (including phenoxy) is 2. The fourth-order valence-corrected chi connectivity index (χ4v) is 4.68. The Labute approximate surface area is 244 Å². The van der Waals surface area contributed by atoms with E-state index in [1.165, 1.54) is 22.9 Å². The number of hydrogen-bond donors (Lipinski definition) is 1. The Morgan fingerprint density at radius 1 is 0.929 bits per heavy atom. The third kappa shape index (κ3) is 6.12. The molecule has 0 aliphatic carbocycles. The van der Waals surface area contributed by atoms with E-state index < -0.39 is 17.4 Å². The van der Waals surface area contributed by atoms with Crippen LogP contribution < -0.4 is 20.2 Å². The number of imidazole rings is 1. The molecule has 10 nitrogen and oxygen atoms in total. The summed E-state index contributed by atoms with van der Waals surface area (Å²) in [7, 11) is 3.14. The number of carbonyl (C=O) groups is 1. The van der Waals surface area contributed by atoms with Crippen molar-refractivity contribution in [2.75, 3.05) is 24.0 Å². The molecule has 0 spiro atoms. The zero-order chi connectivity index (χ0) is 29.9. The maximum Gasteiger partial charge on any atom is 0.414 e. The summed E-state index contributed by atoms with van der Waals surface area (Å²) in [4.78, 5) is 41.9. The molecule has 0 saturated carbocycles. The number of benzene rings is 3. The van der Waals surface area contributed by atoms with Crippen molar-refractivity contribution in [2.45, 2.75) is 39.5 Å². The zero-order valence-corrected chi connectivity index (χ0v) is 24.4. The van der Waals surface area contributed by atoms with Crippen molar-refractivity contribution < 1.29 is 14.3 Å². The monoisotopic (exact) mass is 566 g/mol. The predicted octanol–water partition coefficient (Wildman–Crippen LogP) is 5.70. The number of fused-ring (bicyclic) bond motifs is 1. The minimum absolute atomic E-state index is 0.381. The summed E-state index contributed by atoms with van der Waals surface area (Å²) in [6.45, 7) is 6.54. The van der Waals surface area contributed by atoms with Gasteiger partial charge in [-0.3, -0.25) is 4.90 Å². The summed E-state index contributed by atoms with van der Waals surface area (Å²) in [6.07, 6.45) is 0.931. The van der Waals surface area contributed by atoms with Gasteiger partial charge in [0.05, 0.1) is 12.8 Å². The lowest BCUT2D eigenvalue weighted by Gasteiger charge is -2.25. The Morgan fingerprint density at radius 2 is 1.55 bits per heavy atom. The van der Waals surface area contributed by atoms with E-state index in [0.29, 0.717) is 47.2 Å². The first kappa shape index (κ1) is 28.4. The lowest BCUT2D eigenvalue weighted by Crippen LogP contribution is -2.34. The van der Waals surface area contributed by atoms with Crippen LogP contribution in [0.1, 0.15) is 31.9 Å². The van der Waals surface area contributed by atoms with E-state index in [-0.39, 0.29) is 0 Å². The van der Waals surface area contributed by atoms with Gasteiger partial charge in [-0.25, -0.2) is 24.1 Å². The van der Waals surface area contributed by atoms with E-state index in [0.717, 1.165) is 11.1 Å². The molecule has 0 atom stereocenters. The largest absolute Gasteiger partial charge is 0.495 e. The number of H-pyrrole nitrogens is 1. The van der Waals surface area contributed by atoms with Crippen LogP contribution in [0.15, 0.2) is 90.0 Å². The summed E-state index contributed by atoms with van der Waals surface area (Å²) in [5.74, 6) is 1.02. The van der Waals surface area contributed by atoms with E-state index in [9.17, 15) is 9.59 Å². The second-order valence-corrected chi connectivity index (χ2v) is 10.9. The van der Waals surface area contributed by atoms with Gasteiger partial charge in [-0.05, 0) is 50.1 Å². The second kappa shape index (κ2) is 11.8. The maximum atomic E-state index is 13.6. The highest BCUT2D eigenvalue weighted by Crippen LogP contribution is 2.31. The van der Waals surface area contributed by atoms with Gasteiger partial charge in [0.15, 0.2) is 11.5 Å². The highest BCUT2D eigenvalue weighted by atomic mass is 16.6. The topological polar surface area (TPSA) is 106 Å². The Balaban J connectivity index is 1.61. The Hall–Kier alpha value is -5.12. The molecule has 0 radical (unpaired) electrons. The molecule has 0 aliphatic rings. The summed E-state index contributed by atoms with van der Waals surface area (Å²) in [5, 5.41) is 0. The molecule has 216 valence electrons. The van der Waals surface area contributed by atoms with Crippen LogP contribution >= 0.6 is 0 Å². The number of carbonyl (C=O) groups excluding carboxylic acids is 1. The van der Waals surface area contributed by atoms with E-state index in [1.807, 2.05) is 36.4 Å². The minimum Gasteiger partial charge on any atom is -0.495 e. The number of aromatic amines is 1. The molecule has 1 amide bonds. The third-order valence-electron chi connectivity index (χ3n) is 6.64. The molecular weight excluding hydrogens is 532 g/mol. The standard InChI is InChI=1S/C32H34N6O4/c1-32(2,3)42-31(40)36(4)24-16-17-26(41-5)25(18-24)38-29-27(35-30(38)39)28(33-21-34-29)37(19-22-12-8-6-9-13-22)20-23-14-10-7-11-15-23/h6-18,21H,19-20H2,1-5H3,(H,35,39). The fourth-order valence-electron chi connectivity index (χ4n) is 4.68. The highest BCUT2D eigenvalue weighted by molar-refractivity contribution is 5.89. The van der Waals surface area contributed by atoms with E-state index in [4.69, 9.17) is 9.47 Å². The van der Waals surface area contributed by atoms with Crippen molar-refractivity contribution in [2.24, 2.45) is 0 Å². The van der Waals surface area contributed by atoms with Gasteiger partial charge in [0, 0.05) is 25.8 Å². The van der Waals surface area contributed by atoms with Crippen LogP contribution in [-0.4, -0.2) is 45.4 Å². The maximum absolute atomic E-state index is 13.6. The third-order valence-corrected chi connectivity index (χ3v) is 6.64. The van der Waals surface area contributed by atoms with Crippen LogP contribution in [0.2, 0.25) is 0 Å². The lowest BCUT2D eigenvalue weighted by molar-refractivity contribution is 0.0589. The van der Waals surface area contributed by atoms with Crippen LogP contribution in [-0.2, 0) is 17.8 Å². The summed E-state index contributed by atoms with van der Waals surface area (Å²) < 4.78 is 12.6. The van der Waals surface area contributed by atoms with Gasteiger partial charge in [0.25, 0.3) is 0 Å². The molecule has 5 rings (SSSR count). The number of methoxy groups -OCH3 is 1. The summed E-state index contributed by atoms with van der Waals surface area (Å²) >= 11 is 0. The van der Waals surface area contributed by atoms with Crippen LogP contribution in [0.3, 0.4) is 0 Å². The lowest BCUT2D eigenvalue weighted by atomic mass is 10.1. The van der Waals surface area contributed by atoms with E-state index in [1.54, 1.807) is 46.0 Å². The number of nitrogens with one attached hydrogen (secondary N) is 1. The molecule has 0 aliphatic heterocycles. The number of amides is 1.